The minimum absolute atomic E-state index is 0.0520. The molecule has 1 aliphatic rings. The summed E-state index contributed by atoms with van der Waals surface area (Å²) in [6.45, 7) is 1.94. The number of amides is 1. The summed E-state index contributed by atoms with van der Waals surface area (Å²) in [6, 6.07) is 15.1. The first-order chi connectivity index (χ1) is 15.4. The lowest BCUT2D eigenvalue weighted by atomic mass is 9.94. The van der Waals surface area contributed by atoms with Crippen LogP contribution in [0.4, 0.5) is 5.69 Å². The summed E-state index contributed by atoms with van der Waals surface area (Å²) in [4.78, 5) is 42.1. The Balaban J connectivity index is 1.89. The maximum Gasteiger partial charge on any atom is 0.295 e. The van der Waals surface area contributed by atoms with Gasteiger partial charge in [0.1, 0.15) is 5.76 Å². The van der Waals surface area contributed by atoms with E-state index in [-0.39, 0.29) is 23.6 Å². The SMILES string of the molecule is Cc1ccc(C(O)=C2C(=O)C(=O)N(Cc3cccnc3)[C@@H]2c2cccc([N+](=O)[O-])c2)cc1. The van der Waals surface area contributed by atoms with Crippen LogP contribution in [-0.2, 0) is 16.1 Å². The number of carbonyl (C=O) groups is 2. The number of aryl methyl sites for hydroxylation is 1. The number of ketones is 1. The number of benzene rings is 2. The van der Waals surface area contributed by atoms with E-state index in [0.717, 1.165) is 5.56 Å². The minimum Gasteiger partial charge on any atom is -0.507 e. The highest BCUT2D eigenvalue weighted by molar-refractivity contribution is 6.46. The second-order valence-corrected chi connectivity index (χ2v) is 7.51. The first-order valence-electron chi connectivity index (χ1n) is 9.85. The normalized spacial score (nSPS) is 17.5. The van der Waals surface area contributed by atoms with Gasteiger partial charge in [-0.2, -0.15) is 0 Å². The van der Waals surface area contributed by atoms with Crippen LogP contribution >= 0.6 is 0 Å². The molecule has 32 heavy (non-hydrogen) atoms. The molecule has 1 saturated heterocycles. The smallest absolute Gasteiger partial charge is 0.295 e. The molecule has 0 radical (unpaired) electrons. The summed E-state index contributed by atoms with van der Waals surface area (Å²) >= 11 is 0. The molecule has 0 aliphatic carbocycles. The van der Waals surface area contributed by atoms with E-state index in [9.17, 15) is 24.8 Å². The number of rotatable bonds is 5. The monoisotopic (exact) mass is 429 g/mol. The predicted octanol–water partition coefficient (Wildman–Crippen LogP) is 3.92. The molecule has 0 saturated carbocycles. The van der Waals surface area contributed by atoms with Gasteiger partial charge in [0.05, 0.1) is 16.5 Å². The van der Waals surface area contributed by atoms with Crippen molar-refractivity contribution in [2.75, 3.05) is 0 Å². The van der Waals surface area contributed by atoms with Crippen molar-refractivity contribution in [2.45, 2.75) is 19.5 Å². The maximum absolute atomic E-state index is 13.0. The van der Waals surface area contributed by atoms with Crippen LogP contribution in [0, 0.1) is 17.0 Å². The van der Waals surface area contributed by atoms with Gasteiger partial charge < -0.3 is 10.0 Å². The van der Waals surface area contributed by atoms with Crippen molar-refractivity contribution >= 4 is 23.1 Å². The first-order valence-corrected chi connectivity index (χ1v) is 9.85. The molecule has 4 rings (SSSR count). The Labute approximate surface area is 183 Å². The van der Waals surface area contributed by atoms with Crippen LogP contribution in [0.1, 0.15) is 28.3 Å². The van der Waals surface area contributed by atoms with Gasteiger partial charge in [0.25, 0.3) is 17.4 Å². The Morgan fingerprint density at radius 3 is 2.53 bits per heavy atom. The molecule has 1 aromatic heterocycles. The van der Waals surface area contributed by atoms with Crippen LogP contribution in [-0.4, -0.2) is 31.6 Å². The maximum atomic E-state index is 13.0. The van der Waals surface area contributed by atoms with Gasteiger partial charge in [-0.3, -0.25) is 24.7 Å². The minimum atomic E-state index is -0.989. The molecule has 2 aromatic carbocycles. The second kappa shape index (κ2) is 8.43. The highest BCUT2D eigenvalue weighted by Crippen LogP contribution is 2.41. The molecule has 1 aliphatic heterocycles. The van der Waals surface area contributed by atoms with Gasteiger partial charge in [0.2, 0.25) is 0 Å². The van der Waals surface area contributed by atoms with Gasteiger partial charge >= 0.3 is 0 Å². The van der Waals surface area contributed by atoms with Gasteiger partial charge in [-0.25, -0.2) is 0 Å². The van der Waals surface area contributed by atoms with Crippen molar-refractivity contribution in [3.63, 3.8) is 0 Å². The first kappa shape index (κ1) is 20.9. The lowest BCUT2D eigenvalue weighted by Gasteiger charge is -2.25. The average molecular weight is 429 g/mol. The number of nitrogens with zero attached hydrogens (tertiary/aromatic N) is 3. The van der Waals surface area contributed by atoms with E-state index >= 15 is 0 Å². The van der Waals surface area contributed by atoms with Gasteiger partial charge in [-0.15, -0.1) is 0 Å². The third-order valence-corrected chi connectivity index (χ3v) is 5.34. The van der Waals surface area contributed by atoms with Crippen LogP contribution < -0.4 is 0 Å². The molecule has 160 valence electrons. The van der Waals surface area contributed by atoms with Crippen LogP contribution in [0.2, 0.25) is 0 Å². The summed E-state index contributed by atoms with van der Waals surface area (Å²) in [5, 5.41) is 22.4. The Kier molecular flexibility index (Phi) is 5.51. The van der Waals surface area contributed by atoms with E-state index in [1.165, 1.54) is 23.1 Å². The fourth-order valence-corrected chi connectivity index (χ4v) is 3.75. The quantitative estimate of drug-likeness (QED) is 0.216. The largest absolute Gasteiger partial charge is 0.507 e. The molecule has 3 aromatic rings. The fourth-order valence-electron chi connectivity index (χ4n) is 3.75. The standard InChI is InChI=1S/C24H19N3O5/c1-15-7-9-17(10-8-15)22(28)20-21(18-5-2-6-19(12-18)27(31)32)26(24(30)23(20)29)14-16-4-3-11-25-13-16/h2-13,21,28H,14H2,1H3/t21-/m1/s1. The third kappa shape index (κ3) is 3.85. The Hall–Kier alpha value is -4.33. The molecule has 8 heteroatoms. The zero-order valence-corrected chi connectivity index (χ0v) is 17.1. The summed E-state index contributed by atoms with van der Waals surface area (Å²) in [5.74, 6) is -1.96. The zero-order valence-electron chi connectivity index (χ0n) is 17.1. The van der Waals surface area contributed by atoms with Crippen molar-refractivity contribution in [1.29, 1.82) is 0 Å². The number of hydrogen-bond acceptors (Lipinski definition) is 6. The molecule has 1 amide bonds. The number of carbonyl (C=O) groups excluding carboxylic acids is 2. The molecular formula is C24H19N3O5. The van der Waals surface area contributed by atoms with Crippen LogP contribution in [0.3, 0.4) is 0 Å². The molecular weight excluding hydrogens is 410 g/mol. The Morgan fingerprint density at radius 1 is 1.12 bits per heavy atom. The molecule has 1 atom stereocenters. The number of Topliss-reactive ketones (excluding diaryl/α,β-unsaturated/α-hetero) is 1. The van der Waals surface area contributed by atoms with E-state index in [4.69, 9.17) is 0 Å². The van der Waals surface area contributed by atoms with E-state index < -0.39 is 22.7 Å². The van der Waals surface area contributed by atoms with E-state index in [1.54, 1.807) is 54.9 Å². The Morgan fingerprint density at radius 2 is 1.88 bits per heavy atom. The lowest BCUT2D eigenvalue weighted by Crippen LogP contribution is -2.29. The van der Waals surface area contributed by atoms with Crippen LogP contribution in [0.25, 0.3) is 5.76 Å². The molecule has 0 unspecified atom stereocenters. The van der Waals surface area contributed by atoms with Gasteiger partial charge in [-0.05, 0) is 24.1 Å². The van der Waals surface area contributed by atoms with Crippen molar-refractivity contribution in [2.24, 2.45) is 0 Å². The molecule has 1 N–H and O–H groups in total. The number of likely N-dealkylation sites (tertiary alicyclic amines) is 1. The second-order valence-electron chi connectivity index (χ2n) is 7.51. The Bertz CT molecular complexity index is 1240. The van der Waals surface area contributed by atoms with E-state index in [2.05, 4.69) is 4.98 Å². The van der Waals surface area contributed by atoms with Crippen molar-refractivity contribution in [3.05, 3.63) is 111 Å². The van der Waals surface area contributed by atoms with Crippen molar-refractivity contribution in [1.82, 2.24) is 9.88 Å². The van der Waals surface area contributed by atoms with Crippen LogP contribution in [0.5, 0.6) is 0 Å². The highest BCUT2D eigenvalue weighted by Gasteiger charge is 2.46. The summed E-state index contributed by atoms with van der Waals surface area (Å²) in [6.07, 6.45) is 3.16. The number of non-ortho nitro benzene ring substituents is 1. The number of aliphatic hydroxyl groups is 1. The van der Waals surface area contributed by atoms with Gasteiger partial charge in [0.15, 0.2) is 0 Å². The lowest BCUT2D eigenvalue weighted by molar-refractivity contribution is -0.384. The highest BCUT2D eigenvalue weighted by atomic mass is 16.6. The summed E-state index contributed by atoms with van der Waals surface area (Å²) in [7, 11) is 0. The van der Waals surface area contributed by atoms with Gasteiger partial charge in [-0.1, -0.05) is 48.0 Å². The zero-order chi connectivity index (χ0) is 22.8. The molecule has 0 bridgehead atoms. The number of aromatic nitrogens is 1. The number of pyridine rings is 1. The number of aliphatic hydroxyl groups excluding tert-OH is 1. The fraction of sp³-hybridized carbons (Fsp3) is 0.125. The average Bonchev–Trinajstić information content (AvgIpc) is 3.05. The summed E-state index contributed by atoms with van der Waals surface area (Å²) in [5.41, 5.74) is 2.10. The number of hydrogen-bond donors (Lipinski definition) is 1. The van der Waals surface area contributed by atoms with Gasteiger partial charge in [0, 0.05) is 36.6 Å². The topological polar surface area (TPSA) is 114 Å². The number of nitro benzene ring substituents is 1. The number of nitro groups is 1. The molecule has 2 heterocycles. The van der Waals surface area contributed by atoms with E-state index in [1.807, 2.05) is 6.92 Å². The predicted molar refractivity (Wildman–Crippen MR) is 116 cm³/mol. The van der Waals surface area contributed by atoms with Crippen molar-refractivity contribution < 1.29 is 19.6 Å². The molecule has 8 nitrogen and oxygen atoms in total. The third-order valence-electron chi connectivity index (χ3n) is 5.34. The van der Waals surface area contributed by atoms with Crippen LogP contribution in [0.15, 0.2) is 78.6 Å². The summed E-state index contributed by atoms with van der Waals surface area (Å²) < 4.78 is 0. The molecule has 0 spiro atoms. The van der Waals surface area contributed by atoms with Crippen molar-refractivity contribution in [3.8, 4) is 0 Å². The molecule has 1 fully saturated rings. The van der Waals surface area contributed by atoms with E-state index in [0.29, 0.717) is 16.7 Å².